The van der Waals surface area contributed by atoms with Gasteiger partial charge in [-0.2, -0.15) is 0 Å². The normalized spacial score (nSPS) is 12.9. The van der Waals surface area contributed by atoms with Crippen molar-refractivity contribution in [3.8, 4) is 0 Å². The fourth-order valence-corrected chi connectivity index (χ4v) is 0.362. The van der Waals surface area contributed by atoms with Gasteiger partial charge in [-0.25, -0.2) is 9.59 Å². The molecule has 62 valence electrons. The third kappa shape index (κ3) is 6.53. The van der Waals surface area contributed by atoms with Crippen molar-refractivity contribution in [2.24, 2.45) is 5.73 Å². The SMILES string of the molecule is CC(N)OC(=O)/C=C\C(=O)O. The molecule has 0 fully saturated rings. The monoisotopic (exact) mass is 159 g/mol. The molecule has 0 radical (unpaired) electrons. The molecular weight excluding hydrogens is 150 g/mol. The summed E-state index contributed by atoms with van der Waals surface area (Å²) >= 11 is 0. The maximum Gasteiger partial charge on any atom is 0.332 e. The Morgan fingerprint density at radius 1 is 1.55 bits per heavy atom. The molecule has 0 spiro atoms. The van der Waals surface area contributed by atoms with Gasteiger partial charge in [0.1, 0.15) is 6.23 Å². The van der Waals surface area contributed by atoms with E-state index >= 15 is 0 Å². The molecule has 0 heterocycles. The minimum atomic E-state index is -1.20. The summed E-state index contributed by atoms with van der Waals surface area (Å²) in [4.78, 5) is 20.4. The molecule has 0 rings (SSSR count). The van der Waals surface area contributed by atoms with E-state index in [0.29, 0.717) is 6.08 Å². The maximum absolute atomic E-state index is 10.5. The minimum absolute atomic E-state index is 0.685. The summed E-state index contributed by atoms with van der Waals surface area (Å²) in [7, 11) is 0. The molecule has 1 unspecified atom stereocenters. The molecule has 1 atom stereocenters. The lowest BCUT2D eigenvalue weighted by Gasteiger charge is -2.03. The van der Waals surface area contributed by atoms with Gasteiger partial charge in [0.05, 0.1) is 0 Å². The average molecular weight is 159 g/mol. The van der Waals surface area contributed by atoms with Gasteiger partial charge in [0, 0.05) is 12.2 Å². The lowest BCUT2D eigenvalue weighted by Crippen LogP contribution is -2.22. The Kier molecular flexibility index (Phi) is 3.90. The topological polar surface area (TPSA) is 89.6 Å². The van der Waals surface area contributed by atoms with E-state index in [1.807, 2.05) is 0 Å². The fourth-order valence-electron chi connectivity index (χ4n) is 0.362. The molecule has 0 aromatic carbocycles. The van der Waals surface area contributed by atoms with E-state index in [1.165, 1.54) is 6.92 Å². The zero-order chi connectivity index (χ0) is 8.85. The molecule has 0 aromatic rings. The molecule has 0 aliphatic carbocycles. The van der Waals surface area contributed by atoms with Crippen molar-refractivity contribution in [1.82, 2.24) is 0 Å². The zero-order valence-electron chi connectivity index (χ0n) is 5.98. The highest BCUT2D eigenvalue weighted by Gasteiger charge is 2.00. The van der Waals surface area contributed by atoms with Crippen LogP contribution in [0, 0.1) is 0 Å². The van der Waals surface area contributed by atoms with E-state index in [-0.39, 0.29) is 0 Å². The smallest absolute Gasteiger partial charge is 0.332 e. The van der Waals surface area contributed by atoms with Gasteiger partial charge < -0.3 is 9.84 Å². The Hall–Kier alpha value is -1.36. The average Bonchev–Trinajstić information content (AvgIpc) is 1.82. The van der Waals surface area contributed by atoms with Gasteiger partial charge in [-0.1, -0.05) is 0 Å². The summed E-state index contributed by atoms with van der Waals surface area (Å²) in [6.07, 6.45) is 0.761. The summed E-state index contributed by atoms with van der Waals surface area (Å²) < 4.78 is 4.39. The molecule has 0 saturated heterocycles. The van der Waals surface area contributed by atoms with Crippen LogP contribution in [-0.4, -0.2) is 23.3 Å². The number of aliphatic carboxylic acids is 1. The van der Waals surface area contributed by atoms with Crippen molar-refractivity contribution in [3.63, 3.8) is 0 Å². The van der Waals surface area contributed by atoms with E-state index in [2.05, 4.69) is 4.74 Å². The predicted octanol–water partition coefficient (Wildman–Crippen LogP) is -0.525. The van der Waals surface area contributed by atoms with Crippen LogP contribution < -0.4 is 5.73 Å². The lowest BCUT2D eigenvalue weighted by atomic mass is 10.5. The van der Waals surface area contributed by atoms with Crippen LogP contribution in [-0.2, 0) is 14.3 Å². The second kappa shape index (κ2) is 4.45. The Balaban J connectivity index is 3.78. The third-order valence-corrected chi connectivity index (χ3v) is 0.664. The van der Waals surface area contributed by atoms with Crippen LogP contribution in [0.2, 0.25) is 0 Å². The Bertz CT molecular complexity index is 185. The van der Waals surface area contributed by atoms with E-state index in [4.69, 9.17) is 10.8 Å². The van der Waals surface area contributed by atoms with Crippen molar-refractivity contribution < 1.29 is 19.4 Å². The zero-order valence-corrected chi connectivity index (χ0v) is 5.98. The summed E-state index contributed by atoms with van der Waals surface area (Å²) in [6.45, 7) is 1.46. The number of carboxylic acid groups (broad SMARTS) is 1. The summed E-state index contributed by atoms with van der Waals surface area (Å²) in [6, 6.07) is 0. The van der Waals surface area contributed by atoms with Crippen molar-refractivity contribution >= 4 is 11.9 Å². The van der Waals surface area contributed by atoms with Crippen LogP contribution in [0.5, 0.6) is 0 Å². The Morgan fingerprint density at radius 2 is 2.09 bits per heavy atom. The highest BCUT2D eigenvalue weighted by Crippen LogP contribution is 1.84. The number of hydrogen-bond donors (Lipinski definition) is 2. The molecule has 0 bridgehead atoms. The van der Waals surface area contributed by atoms with Gasteiger partial charge in [-0.15, -0.1) is 0 Å². The first kappa shape index (κ1) is 9.64. The maximum atomic E-state index is 10.5. The van der Waals surface area contributed by atoms with Crippen LogP contribution in [0.3, 0.4) is 0 Å². The highest BCUT2D eigenvalue weighted by atomic mass is 16.5. The number of carbonyl (C=O) groups excluding carboxylic acids is 1. The molecule has 0 saturated carbocycles. The highest BCUT2D eigenvalue weighted by molar-refractivity contribution is 5.90. The van der Waals surface area contributed by atoms with Crippen LogP contribution in [0.1, 0.15) is 6.92 Å². The number of nitrogens with two attached hydrogens (primary N) is 1. The first-order chi connectivity index (χ1) is 5.02. The number of carboxylic acids is 1. The van der Waals surface area contributed by atoms with Gasteiger partial charge in [-0.3, -0.25) is 5.73 Å². The first-order valence-electron chi connectivity index (χ1n) is 2.89. The summed E-state index contributed by atoms with van der Waals surface area (Å²) in [5.41, 5.74) is 5.08. The van der Waals surface area contributed by atoms with Crippen LogP contribution >= 0.6 is 0 Å². The number of hydrogen-bond acceptors (Lipinski definition) is 4. The van der Waals surface area contributed by atoms with Crippen molar-refractivity contribution in [2.75, 3.05) is 0 Å². The molecule has 5 nitrogen and oxygen atoms in total. The number of esters is 1. The van der Waals surface area contributed by atoms with Crippen molar-refractivity contribution in [2.45, 2.75) is 13.2 Å². The van der Waals surface area contributed by atoms with E-state index in [0.717, 1.165) is 6.08 Å². The molecule has 0 amide bonds. The Morgan fingerprint density at radius 3 is 2.45 bits per heavy atom. The molecular formula is C6H9NO4. The first-order valence-corrected chi connectivity index (χ1v) is 2.89. The largest absolute Gasteiger partial charge is 0.478 e. The molecule has 0 aliphatic heterocycles. The summed E-state index contributed by atoms with van der Waals surface area (Å²) in [5.74, 6) is -1.96. The second-order valence-electron chi connectivity index (χ2n) is 1.81. The quantitative estimate of drug-likeness (QED) is 0.328. The van der Waals surface area contributed by atoms with Gasteiger partial charge >= 0.3 is 11.9 Å². The van der Waals surface area contributed by atoms with Crippen LogP contribution in [0.25, 0.3) is 0 Å². The standard InChI is InChI=1S/C6H9NO4/c1-4(7)11-6(10)3-2-5(8)9/h2-4H,7H2,1H3,(H,8,9)/b3-2-. The van der Waals surface area contributed by atoms with Gasteiger partial charge in [0.25, 0.3) is 0 Å². The van der Waals surface area contributed by atoms with E-state index in [1.54, 1.807) is 0 Å². The second-order valence-corrected chi connectivity index (χ2v) is 1.81. The molecule has 0 aromatic heterocycles. The van der Waals surface area contributed by atoms with Gasteiger partial charge in [-0.05, 0) is 6.92 Å². The van der Waals surface area contributed by atoms with Crippen LogP contribution in [0.15, 0.2) is 12.2 Å². The summed E-state index contributed by atoms with van der Waals surface area (Å²) in [5, 5.41) is 8.07. The minimum Gasteiger partial charge on any atom is -0.478 e. The van der Waals surface area contributed by atoms with Crippen LogP contribution in [0.4, 0.5) is 0 Å². The number of rotatable bonds is 3. The van der Waals surface area contributed by atoms with Crippen molar-refractivity contribution in [1.29, 1.82) is 0 Å². The number of ether oxygens (including phenoxy) is 1. The molecule has 3 N–H and O–H groups in total. The molecule has 5 heteroatoms. The third-order valence-electron chi connectivity index (χ3n) is 0.664. The predicted molar refractivity (Wildman–Crippen MR) is 36.5 cm³/mol. The van der Waals surface area contributed by atoms with Gasteiger partial charge in [0.15, 0.2) is 0 Å². The lowest BCUT2D eigenvalue weighted by molar-refractivity contribution is -0.142. The fraction of sp³-hybridized carbons (Fsp3) is 0.333. The van der Waals surface area contributed by atoms with Crippen molar-refractivity contribution in [3.05, 3.63) is 12.2 Å². The molecule has 0 aliphatic rings. The van der Waals surface area contributed by atoms with E-state index in [9.17, 15) is 9.59 Å². The van der Waals surface area contributed by atoms with E-state index < -0.39 is 18.2 Å². The molecule has 11 heavy (non-hydrogen) atoms. The number of carbonyl (C=O) groups is 2. The Labute approximate surface area is 63.4 Å². The van der Waals surface area contributed by atoms with Gasteiger partial charge in [0.2, 0.25) is 0 Å².